The maximum Gasteiger partial charge on any atom is 0.323 e. The van der Waals surface area contributed by atoms with E-state index in [1.165, 1.54) is 49.6 Å². The Hall–Kier alpha value is -4.33. The number of hydrogen-bond donors (Lipinski definition) is 2. The van der Waals surface area contributed by atoms with Gasteiger partial charge in [-0.05, 0) is 46.7 Å². The fourth-order valence-electron chi connectivity index (χ4n) is 2.70. The van der Waals surface area contributed by atoms with Gasteiger partial charge in [-0.1, -0.05) is 0 Å². The van der Waals surface area contributed by atoms with Gasteiger partial charge >= 0.3 is 5.69 Å². The molecule has 2 aromatic heterocycles. The standard InChI is InChI=1S/C17H13N7O6S/c1-29-15-8-14(18-9-19-15)23-31(27,28)11-4-2-10(3-5-11)20-13-7-6-12-16(22-30-21-12)17(13)24(25)26/h2-9,20H,1H3,(H,18,19,23). The molecule has 0 bridgehead atoms. The summed E-state index contributed by atoms with van der Waals surface area (Å²) in [6.45, 7) is 0. The summed E-state index contributed by atoms with van der Waals surface area (Å²) in [7, 11) is -2.54. The van der Waals surface area contributed by atoms with Crippen molar-refractivity contribution in [3.8, 4) is 5.88 Å². The molecule has 0 amide bonds. The van der Waals surface area contributed by atoms with Crippen molar-refractivity contribution in [3.63, 3.8) is 0 Å². The predicted molar refractivity (Wildman–Crippen MR) is 108 cm³/mol. The molecule has 0 spiro atoms. The van der Waals surface area contributed by atoms with Crippen molar-refractivity contribution >= 4 is 43.9 Å². The van der Waals surface area contributed by atoms with E-state index in [1.54, 1.807) is 0 Å². The zero-order valence-electron chi connectivity index (χ0n) is 15.7. The highest BCUT2D eigenvalue weighted by molar-refractivity contribution is 7.92. The van der Waals surface area contributed by atoms with Gasteiger partial charge < -0.3 is 10.1 Å². The molecule has 0 aliphatic heterocycles. The van der Waals surface area contributed by atoms with E-state index in [1.807, 2.05) is 0 Å². The van der Waals surface area contributed by atoms with E-state index in [0.29, 0.717) is 5.69 Å². The second-order valence-corrected chi connectivity index (χ2v) is 7.73. The van der Waals surface area contributed by atoms with Crippen molar-refractivity contribution in [2.45, 2.75) is 4.90 Å². The van der Waals surface area contributed by atoms with Gasteiger partial charge in [-0.3, -0.25) is 14.8 Å². The molecule has 2 heterocycles. The summed E-state index contributed by atoms with van der Waals surface area (Å²) < 4.78 is 37.0. The van der Waals surface area contributed by atoms with E-state index >= 15 is 0 Å². The summed E-state index contributed by atoms with van der Waals surface area (Å²) in [4.78, 5) is 18.5. The van der Waals surface area contributed by atoms with E-state index in [2.05, 4.69) is 34.9 Å². The number of nitrogens with zero attached hydrogens (tertiary/aromatic N) is 5. The third-order valence-electron chi connectivity index (χ3n) is 4.12. The average molecular weight is 443 g/mol. The van der Waals surface area contributed by atoms with Crippen LogP contribution >= 0.6 is 0 Å². The summed E-state index contributed by atoms with van der Waals surface area (Å²) in [5.74, 6) is 0.243. The molecule has 0 unspecified atom stereocenters. The number of anilines is 3. The first kappa shape index (κ1) is 20.0. The zero-order valence-corrected chi connectivity index (χ0v) is 16.5. The van der Waals surface area contributed by atoms with Gasteiger partial charge in [0.1, 0.15) is 23.3 Å². The zero-order chi connectivity index (χ0) is 22.0. The Morgan fingerprint density at radius 2 is 1.87 bits per heavy atom. The minimum Gasteiger partial charge on any atom is -0.481 e. The number of sulfonamides is 1. The van der Waals surface area contributed by atoms with Crippen molar-refractivity contribution in [1.29, 1.82) is 0 Å². The number of fused-ring (bicyclic) bond motifs is 1. The lowest BCUT2D eigenvalue weighted by Gasteiger charge is -2.10. The molecule has 14 heteroatoms. The largest absolute Gasteiger partial charge is 0.481 e. The Morgan fingerprint density at radius 3 is 2.58 bits per heavy atom. The quantitative estimate of drug-likeness (QED) is 0.317. The van der Waals surface area contributed by atoms with Crippen LogP contribution in [-0.2, 0) is 10.0 Å². The number of benzene rings is 2. The van der Waals surface area contributed by atoms with Gasteiger partial charge in [-0.15, -0.1) is 0 Å². The van der Waals surface area contributed by atoms with Gasteiger partial charge in [-0.2, -0.15) is 0 Å². The number of ether oxygens (including phenoxy) is 1. The second-order valence-electron chi connectivity index (χ2n) is 6.05. The van der Waals surface area contributed by atoms with Crippen LogP contribution in [0, 0.1) is 10.1 Å². The van der Waals surface area contributed by atoms with Gasteiger partial charge in [0, 0.05) is 11.8 Å². The fourth-order valence-corrected chi connectivity index (χ4v) is 3.70. The number of nitro groups is 1. The number of aromatic nitrogens is 4. The summed E-state index contributed by atoms with van der Waals surface area (Å²) in [6.07, 6.45) is 1.16. The number of nitro benzene ring substituents is 1. The van der Waals surface area contributed by atoms with Crippen molar-refractivity contribution in [1.82, 2.24) is 20.3 Å². The molecule has 13 nitrogen and oxygen atoms in total. The molecule has 0 aliphatic carbocycles. The van der Waals surface area contributed by atoms with Gasteiger partial charge in [-0.25, -0.2) is 23.0 Å². The molecule has 2 N–H and O–H groups in total. The molecule has 0 atom stereocenters. The maximum absolute atomic E-state index is 12.6. The Kier molecular flexibility index (Phi) is 5.04. The minimum absolute atomic E-state index is 0.00123. The van der Waals surface area contributed by atoms with Gasteiger partial charge in [0.25, 0.3) is 10.0 Å². The topological polar surface area (TPSA) is 175 Å². The smallest absolute Gasteiger partial charge is 0.323 e. The van der Waals surface area contributed by atoms with E-state index in [9.17, 15) is 18.5 Å². The third-order valence-corrected chi connectivity index (χ3v) is 5.49. The Morgan fingerprint density at radius 1 is 1.10 bits per heavy atom. The first-order chi connectivity index (χ1) is 14.9. The normalized spacial score (nSPS) is 11.3. The fraction of sp³-hybridized carbons (Fsp3) is 0.0588. The third kappa shape index (κ3) is 4.04. The van der Waals surface area contributed by atoms with Crippen LogP contribution in [0.5, 0.6) is 5.88 Å². The van der Waals surface area contributed by atoms with Gasteiger partial charge in [0.05, 0.1) is 16.9 Å². The molecule has 4 aromatic rings. The molecule has 4 rings (SSSR count). The first-order valence-electron chi connectivity index (χ1n) is 8.53. The maximum atomic E-state index is 12.6. The first-order valence-corrected chi connectivity index (χ1v) is 10.0. The van der Waals surface area contributed by atoms with Crippen molar-refractivity contribution < 1.29 is 22.7 Å². The van der Waals surface area contributed by atoms with E-state index in [4.69, 9.17) is 4.74 Å². The van der Waals surface area contributed by atoms with Crippen LogP contribution in [0.1, 0.15) is 0 Å². The van der Waals surface area contributed by atoms with Gasteiger partial charge in [0.15, 0.2) is 0 Å². The lowest BCUT2D eigenvalue weighted by molar-refractivity contribution is -0.382. The van der Waals surface area contributed by atoms with E-state index < -0.39 is 14.9 Å². The summed E-state index contributed by atoms with van der Waals surface area (Å²) >= 11 is 0. The number of methoxy groups -OCH3 is 1. The molecular formula is C17H13N7O6S. The van der Waals surface area contributed by atoms with Crippen LogP contribution in [0.15, 0.2) is 58.3 Å². The van der Waals surface area contributed by atoms with E-state index in [-0.39, 0.29) is 39.0 Å². The van der Waals surface area contributed by atoms with Crippen LogP contribution < -0.4 is 14.8 Å². The highest BCUT2D eigenvalue weighted by Gasteiger charge is 2.23. The van der Waals surface area contributed by atoms with Gasteiger partial charge in [0.2, 0.25) is 11.4 Å². The average Bonchev–Trinajstić information content (AvgIpc) is 3.22. The predicted octanol–water partition coefficient (Wildman–Crippen LogP) is 2.47. The van der Waals surface area contributed by atoms with Crippen molar-refractivity contribution in [2.75, 3.05) is 17.1 Å². The molecule has 31 heavy (non-hydrogen) atoms. The van der Waals surface area contributed by atoms with Crippen LogP contribution in [0.4, 0.5) is 22.9 Å². The number of nitrogens with one attached hydrogen (secondary N) is 2. The van der Waals surface area contributed by atoms with Crippen LogP contribution in [-0.4, -0.2) is 40.7 Å². The molecule has 0 radical (unpaired) electrons. The molecular weight excluding hydrogens is 430 g/mol. The summed E-state index contributed by atoms with van der Waals surface area (Å²) in [5, 5.41) is 21.5. The summed E-state index contributed by atoms with van der Waals surface area (Å²) in [6, 6.07) is 9.91. The van der Waals surface area contributed by atoms with Crippen LogP contribution in [0.3, 0.4) is 0 Å². The lowest BCUT2D eigenvalue weighted by atomic mass is 10.2. The van der Waals surface area contributed by atoms with E-state index in [0.717, 1.165) is 6.33 Å². The van der Waals surface area contributed by atoms with Crippen molar-refractivity contribution in [3.05, 3.63) is 58.9 Å². The van der Waals surface area contributed by atoms with Crippen molar-refractivity contribution in [2.24, 2.45) is 0 Å². The Balaban J connectivity index is 1.58. The molecule has 158 valence electrons. The number of hydrogen-bond acceptors (Lipinski definition) is 11. The molecule has 0 aliphatic rings. The Labute approximate surface area is 174 Å². The monoisotopic (exact) mass is 443 g/mol. The number of rotatable bonds is 7. The molecule has 0 saturated carbocycles. The molecule has 2 aromatic carbocycles. The van der Waals surface area contributed by atoms with Crippen LogP contribution in [0.2, 0.25) is 0 Å². The highest BCUT2D eigenvalue weighted by Crippen LogP contribution is 2.33. The Bertz CT molecular complexity index is 1370. The minimum atomic E-state index is -3.93. The van der Waals surface area contributed by atoms with Crippen LogP contribution in [0.25, 0.3) is 11.0 Å². The second kappa shape index (κ2) is 7.83. The SMILES string of the molecule is COc1cc(NS(=O)(=O)c2ccc(Nc3ccc4nonc4c3[N+](=O)[O-])cc2)ncn1. The lowest BCUT2D eigenvalue weighted by Crippen LogP contribution is -2.14. The molecule has 0 saturated heterocycles. The summed E-state index contributed by atoms with van der Waals surface area (Å²) in [5.41, 5.74) is 0.496. The highest BCUT2D eigenvalue weighted by atomic mass is 32.2. The molecule has 0 fully saturated rings.